The number of amides is 2. The largest absolute Gasteiger partial charge is 0.508 e. The van der Waals surface area contributed by atoms with Gasteiger partial charge in [0.1, 0.15) is 24.4 Å². The van der Waals surface area contributed by atoms with Crippen LogP contribution < -0.4 is 10.6 Å². The average Bonchev–Trinajstić information content (AvgIpc) is 3.08. The zero-order valence-corrected chi connectivity index (χ0v) is 18.0. The van der Waals surface area contributed by atoms with E-state index >= 15 is 0 Å². The third-order valence-corrected chi connectivity index (χ3v) is 5.44. The minimum Gasteiger partial charge on any atom is -0.508 e. The summed E-state index contributed by atoms with van der Waals surface area (Å²) in [6, 6.07) is 11.6. The van der Waals surface area contributed by atoms with E-state index in [0.717, 1.165) is 10.0 Å². The van der Waals surface area contributed by atoms with Crippen molar-refractivity contribution in [1.29, 1.82) is 0 Å². The first kappa shape index (κ1) is 22.0. The quantitative estimate of drug-likeness (QED) is 0.571. The minimum absolute atomic E-state index is 0.0313. The monoisotopic (exact) mass is 474 g/mol. The Balaban J connectivity index is 1.79. The third kappa shape index (κ3) is 5.46. The van der Waals surface area contributed by atoms with Crippen LogP contribution in [0.15, 0.2) is 53.0 Å². The van der Waals surface area contributed by atoms with Crippen molar-refractivity contribution in [3.63, 3.8) is 0 Å². The molecule has 0 aliphatic carbocycles. The van der Waals surface area contributed by atoms with Gasteiger partial charge in [-0.1, -0.05) is 41.1 Å². The molecule has 1 aliphatic heterocycles. The Morgan fingerprint density at radius 1 is 1.23 bits per heavy atom. The highest BCUT2D eigenvalue weighted by molar-refractivity contribution is 9.10. The van der Waals surface area contributed by atoms with Crippen LogP contribution in [0.2, 0.25) is 0 Å². The molecule has 8 heteroatoms. The fraction of sp³-hybridized carbons (Fsp3) is 0.318. The lowest BCUT2D eigenvalue weighted by atomic mass is 10.0. The maximum Gasteiger partial charge on any atom is 0.251 e. The van der Waals surface area contributed by atoms with Crippen molar-refractivity contribution in [2.45, 2.75) is 38.0 Å². The van der Waals surface area contributed by atoms with Gasteiger partial charge in [0.2, 0.25) is 5.91 Å². The summed E-state index contributed by atoms with van der Waals surface area (Å²) in [6.07, 6.45) is 0.408. The molecule has 30 heavy (non-hydrogen) atoms. The summed E-state index contributed by atoms with van der Waals surface area (Å²) in [4.78, 5) is 37.9. The lowest BCUT2D eigenvalue weighted by molar-refractivity contribution is -0.127. The van der Waals surface area contributed by atoms with E-state index in [4.69, 9.17) is 4.74 Å². The van der Waals surface area contributed by atoms with Crippen molar-refractivity contribution in [2.24, 2.45) is 0 Å². The van der Waals surface area contributed by atoms with Crippen molar-refractivity contribution in [2.75, 3.05) is 6.61 Å². The molecule has 7 nitrogen and oxygen atoms in total. The van der Waals surface area contributed by atoms with Crippen LogP contribution in [-0.4, -0.2) is 47.5 Å². The molecule has 2 aromatic rings. The molecule has 3 rings (SSSR count). The molecular weight excluding hydrogens is 452 g/mol. The topological polar surface area (TPSA) is 105 Å². The zero-order valence-electron chi connectivity index (χ0n) is 16.4. The summed E-state index contributed by atoms with van der Waals surface area (Å²) in [7, 11) is 0. The normalized spacial score (nSPS) is 19.3. The van der Waals surface area contributed by atoms with Crippen LogP contribution in [0.4, 0.5) is 0 Å². The van der Waals surface area contributed by atoms with Crippen LogP contribution in [-0.2, 0) is 20.7 Å². The van der Waals surface area contributed by atoms with Gasteiger partial charge in [0.05, 0.1) is 6.10 Å². The van der Waals surface area contributed by atoms with Gasteiger partial charge in [0, 0.05) is 16.5 Å². The first-order chi connectivity index (χ1) is 14.4. The van der Waals surface area contributed by atoms with Gasteiger partial charge in [-0.25, -0.2) is 0 Å². The van der Waals surface area contributed by atoms with Crippen LogP contribution in [0.25, 0.3) is 0 Å². The Kier molecular flexibility index (Phi) is 7.23. The Labute approximate surface area is 182 Å². The number of hydrogen-bond acceptors (Lipinski definition) is 5. The lowest BCUT2D eigenvalue weighted by Gasteiger charge is -2.23. The summed E-state index contributed by atoms with van der Waals surface area (Å²) >= 11 is 3.33. The van der Waals surface area contributed by atoms with Crippen LogP contribution in [0.3, 0.4) is 0 Å². The Morgan fingerprint density at radius 3 is 2.63 bits per heavy atom. The van der Waals surface area contributed by atoms with E-state index in [1.54, 1.807) is 36.4 Å². The van der Waals surface area contributed by atoms with Crippen molar-refractivity contribution < 1.29 is 24.2 Å². The van der Waals surface area contributed by atoms with E-state index in [1.165, 1.54) is 12.1 Å². The number of phenolic OH excluding ortho intramolecular Hbond substituents is 1. The fourth-order valence-electron chi connectivity index (χ4n) is 3.31. The second-order valence-corrected chi connectivity index (χ2v) is 8.03. The van der Waals surface area contributed by atoms with Crippen LogP contribution >= 0.6 is 15.9 Å². The first-order valence-electron chi connectivity index (χ1n) is 9.66. The zero-order chi connectivity index (χ0) is 21.7. The number of hydrogen-bond donors (Lipinski definition) is 3. The maximum absolute atomic E-state index is 13.0. The Hall–Kier alpha value is -2.71. The number of Topliss-reactive ketones (excluding diaryl/α,β-unsaturated/α-hetero) is 1. The maximum atomic E-state index is 13.0. The van der Waals surface area contributed by atoms with Crippen molar-refractivity contribution in [3.8, 4) is 5.75 Å². The molecule has 2 amide bonds. The number of rotatable bonds is 7. The van der Waals surface area contributed by atoms with E-state index in [0.29, 0.717) is 12.0 Å². The van der Waals surface area contributed by atoms with Crippen LogP contribution in [0, 0.1) is 0 Å². The summed E-state index contributed by atoms with van der Waals surface area (Å²) in [6.45, 7) is 1.85. The van der Waals surface area contributed by atoms with Crippen molar-refractivity contribution >= 4 is 33.5 Å². The number of phenols is 1. The molecular formula is C22H23BrN2O5. The smallest absolute Gasteiger partial charge is 0.251 e. The van der Waals surface area contributed by atoms with Gasteiger partial charge in [-0.3, -0.25) is 14.4 Å². The van der Waals surface area contributed by atoms with Gasteiger partial charge in [-0.05, 0) is 42.3 Å². The minimum atomic E-state index is -0.910. The molecule has 3 atom stereocenters. The Morgan fingerprint density at radius 2 is 1.97 bits per heavy atom. The molecule has 0 saturated carbocycles. The molecule has 1 saturated heterocycles. The summed E-state index contributed by atoms with van der Waals surface area (Å²) in [5.74, 6) is -0.945. The van der Waals surface area contributed by atoms with Crippen LogP contribution in [0.1, 0.15) is 29.3 Å². The van der Waals surface area contributed by atoms with E-state index in [-0.39, 0.29) is 30.7 Å². The van der Waals surface area contributed by atoms with E-state index in [1.807, 2.05) is 6.92 Å². The first-order valence-corrected chi connectivity index (χ1v) is 10.5. The number of nitrogens with one attached hydrogen (secondary N) is 2. The van der Waals surface area contributed by atoms with E-state index in [2.05, 4.69) is 26.6 Å². The third-order valence-electron chi connectivity index (χ3n) is 4.94. The molecule has 0 spiro atoms. The van der Waals surface area contributed by atoms with E-state index < -0.39 is 23.9 Å². The predicted molar refractivity (Wildman–Crippen MR) is 114 cm³/mol. The molecule has 158 valence electrons. The van der Waals surface area contributed by atoms with Gasteiger partial charge >= 0.3 is 0 Å². The number of carbonyl (C=O) groups is 3. The average molecular weight is 475 g/mol. The van der Waals surface area contributed by atoms with E-state index in [9.17, 15) is 19.5 Å². The van der Waals surface area contributed by atoms with Crippen LogP contribution in [0.5, 0.6) is 5.75 Å². The second-order valence-electron chi connectivity index (χ2n) is 7.12. The van der Waals surface area contributed by atoms with Crippen molar-refractivity contribution in [1.82, 2.24) is 10.6 Å². The molecule has 0 radical (unpaired) electrons. The number of carbonyl (C=O) groups excluding carboxylic acids is 3. The summed E-state index contributed by atoms with van der Waals surface area (Å²) in [5.41, 5.74) is 1.16. The number of ketones is 1. The number of ether oxygens (including phenoxy) is 1. The fourth-order valence-corrected chi connectivity index (χ4v) is 3.71. The highest BCUT2D eigenvalue weighted by Crippen LogP contribution is 2.16. The number of halogens is 1. The molecule has 3 N–H and O–H groups in total. The van der Waals surface area contributed by atoms with Gasteiger partial charge in [-0.15, -0.1) is 0 Å². The molecule has 1 heterocycles. The van der Waals surface area contributed by atoms with Gasteiger partial charge in [0.15, 0.2) is 5.78 Å². The van der Waals surface area contributed by atoms with Gasteiger partial charge in [0.25, 0.3) is 5.91 Å². The highest BCUT2D eigenvalue weighted by Gasteiger charge is 2.37. The van der Waals surface area contributed by atoms with Gasteiger partial charge < -0.3 is 20.5 Å². The molecule has 1 fully saturated rings. The standard InChI is InChI=1S/C22H23BrN2O5/c1-2-19-20(18(27)12-30-19)25-22(29)17(10-13-6-8-16(26)9-7-13)24-21(28)14-4-3-5-15(23)11-14/h3-9,11,17,19-20,26H,2,10,12H2,1H3,(H,24,28)(H,25,29). The summed E-state index contributed by atoms with van der Waals surface area (Å²) < 4.78 is 6.16. The molecule has 2 aromatic carbocycles. The molecule has 1 aliphatic rings. The van der Waals surface area contributed by atoms with Crippen molar-refractivity contribution in [3.05, 3.63) is 64.1 Å². The predicted octanol–water partition coefficient (Wildman–Crippen LogP) is 2.36. The molecule has 0 aromatic heterocycles. The molecule has 3 unspecified atom stereocenters. The SMILES string of the molecule is CCC1OCC(=O)C1NC(=O)C(Cc1ccc(O)cc1)NC(=O)c1cccc(Br)c1. The highest BCUT2D eigenvalue weighted by atomic mass is 79.9. The number of aromatic hydroxyl groups is 1. The Bertz CT molecular complexity index is 931. The lowest BCUT2D eigenvalue weighted by Crippen LogP contribution is -2.54. The second kappa shape index (κ2) is 9.86. The summed E-state index contributed by atoms with van der Waals surface area (Å²) in [5, 5.41) is 15.0. The number of benzene rings is 2. The van der Waals surface area contributed by atoms with Gasteiger partial charge in [-0.2, -0.15) is 0 Å². The molecule has 0 bridgehead atoms.